The minimum atomic E-state index is -1.91. The number of aliphatic hydroxyl groups excluding tert-OH is 4. The van der Waals surface area contributed by atoms with Gasteiger partial charge in [-0.1, -0.05) is 163 Å². The fourth-order valence-electron chi connectivity index (χ4n) is 15.1. The number of aliphatic carboxylic acids is 1. The standard InChI is InChI=1S/C98H164N24O25S2/c1-17-53(10)75(92(141)106-56(13)80(129)107-62(34-28-39-104-98(102)103)82(131)105-46-74(128)118-78(57(14)125)95(144)116-71(48-124)97(146)147)119-89(138)69(45-60-31-24-21-25-32-60)114-93(142)76(54(11)18-2)120-88(137)68(44-59-29-22-20-23-30-59)113-87(136)66(42-51(6)7)110-86(135)67(43-52(8)9)112-91(140)72(49-148)117-94(143)77(55(12)19-3)121-96(145)79(58(15)126)122-84(133)64(35-36-73(101)127)109-85(134)65(41-50(4)5)111-90(139)70(47-123)115-83(132)63(33-26-27-38-99)108-81(130)61(100)37-40-149-16/h20-25,29-32,50-58,61-72,75-79,123-126,148H,17-19,26-28,33-49,99-100H2,1-16H3,(H2,101,127)(H,105,131)(H,106,141)(H,107,129)(H,108,130)(H,109,134)(H,110,135)(H,111,139)(H,112,140)(H,113,136)(H,114,142)(H,115,132)(H,116,144)(H,117,143)(H,118,128)(H,119,138)(H,120,137)(H,121,145)(H,122,133)(H,146,147)(H4,102,103,104)/t53-,54-,55-,56-,57+,58+,61-,62-,63-,64-,65-,66-,67-,68-,69-,70-,71-,72-,75-,76-,77-,78-,79-/m0/s1. The van der Waals surface area contributed by atoms with Crippen LogP contribution in [0, 0.1) is 40.9 Å². The minimum absolute atomic E-state index is 0.0306. The maximum absolute atomic E-state index is 15.2. The Bertz CT molecular complexity index is 4690. The molecule has 0 unspecified atom stereocenters. The van der Waals surface area contributed by atoms with Crippen molar-refractivity contribution in [1.29, 1.82) is 5.41 Å². The molecule has 51 heteroatoms. The number of nitrogens with one attached hydrogen (secondary N) is 20. The molecule has 0 saturated heterocycles. The number of benzene rings is 2. The van der Waals surface area contributed by atoms with Gasteiger partial charge >= 0.3 is 5.97 Å². The number of unbranched alkanes of at least 4 members (excludes halogenated alkanes) is 1. The molecule has 0 heterocycles. The van der Waals surface area contributed by atoms with Crippen LogP contribution in [0.15, 0.2) is 60.7 Å². The van der Waals surface area contributed by atoms with Crippen LogP contribution in [0.3, 0.4) is 0 Å². The predicted molar refractivity (Wildman–Crippen MR) is 559 cm³/mol. The first-order valence-electron chi connectivity index (χ1n) is 50.4. The second-order valence-corrected chi connectivity index (χ2v) is 39.9. The Hall–Kier alpha value is -12.4. The third-order valence-electron chi connectivity index (χ3n) is 24.5. The molecule has 2 aromatic carbocycles. The maximum atomic E-state index is 15.2. The number of carboxylic acids is 1. The van der Waals surface area contributed by atoms with E-state index in [2.05, 4.69) is 108 Å². The average Bonchev–Trinajstić information content (AvgIpc) is 0.836. The Morgan fingerprint density at radius 2 is 0.698 bits per heavy atom. The summed E-state index contributed by atoms with van der Waals surface area (Å²) in [5.41, 5.74) is 23.8. The van der Waals surface area contributed by atoms with E-state index in [4.69, 9.17) is 28.3 Å². The summed E-state index contributed by atoms with van der Waals surface area (Å²) in [5.74, 6) is -23.2. The first-order chi connectivity index (χ1) is 70.2. The summed E-state index contributed by atoms with van der Waals surface area (Å²) in [6, 6.07) is -10.3. The summed E-state index contributed by atoms with van der Waals surface area (Å²) >= 11 is 5.85. The van der Waals surface area contributed by atoms with Crippen molar-refractivity contribution in [3.05, 3.63) is 71.8 Å². The Labute approximate surface area is 880 Å². The van der Waals surface area contributed by atoms with Gasteiger partial charge in [0.25, 0.3) is 0 Å². The maximum Gasteiger partial charge on any atom is 0.328 e. The van der Waals surface area contributed by atoms with Crippen molar-refractivity contribution in [1.82, 2.24) is 101 Å². The van der Waals surface area contributed by atoms with Crippen LogP contribution < -0.4 is 124 Å². The van der Waals surface area contributed by atoms with E-state index in [-0.39, 0.29) is 101 Å². The monoisotopic (exact) mass is 2140 g/mol. The molecular weight excluding hydrogens is 1980 g/mol. The molecule has 0 aromatic heterocycles. The summed E-state index contributed by atoms with van der Waals surface area (Å²) in [4.78, 5) is 281. The largest absolute Gasteiger partial charge is 0.480 e. The van der Waals surface area contributed by atoms with Gasteiger partial charge in [-0.25, -0.2) is 4.79 Å². The number of hydrogen-bond donors (Lipinski definition) is 30. The van der Waals surface area contributed by atoms with Crippen LogP contribution in [0.1, 0.15) is 205 Å². The van der Waals surface area contributed by atoms with Crippen molar-refractivity contribution >= 4 is 149 Å². The van der Waals surface area contributed by atoms with Gasteiger partial charge in [-0.2, -0.15) is 24.4 Å². The third-order valence-corrected chi connectivity index (χ3v) is 25.5. The molecule has 19 amide bonds. The molecule has 49 nitrogen and oxygen atoms in total. The number of carbonyl (C=O) groups excluding carboxylic acids is 19. The number of rotatable bonds is 72. The van der Waals surface area contributed by atoms with Crippen molar-refractivity contribution in [2.45, 2.75) is 328 Å². The van der Waals surface area contributed by atoms with Crippen molar-refractivity contribution in [3.8, 4) is 0 Å². The predicted octanol–water partition coefficient (Wildman–Crippen LogP) is -5.38. The van der Waals surface area contributed by atoms with Crippen LogP contribution in [0.5, 0.6) is 0 Å². The van der Waals surface area contributed by atoms with Crippen LogP contribution in [-0.4, -0.2) is 321 Å². The Morgan fingerprint density at radius 1 is 0.369 bits per heavy atom. The van der Waals surface area contributed by atoms with Gasteiger partial charge in [0, 0.05) is 31.6 Å². The topological polar surface area (TPSA) is 799 Å². The Balaban J connectivity index is 2.55. The number of carboxylic acid groups (broad SMARTS) is 1. The van der Waals surface area contributed by atoms with Crippen LogP contribution in [0.4, 0.5) is 0 Å². The molecule has 838 valence electrons. The molecule has 149 heavy (non-hydrogen) atoms. The van der Waals surface area contributed by atoms with Gasteiger partial charge in [-0.15, -0.1) is 0 Å². The Kier molecular flexibility index (Phi) is 62.1. The number of primary amides is 1. The quantitative estimate of drug-likeness (QED) is 0.0127. The highest BCUT2D eigenvalue weighted by Crippen LogP contribution is 2.20. The lowest BCUT2D eigenvalue weighted by Crippen LogP contribution is -2.63. The van der Waals surface area contributed by atoms with E-state index < -0.39 is 301 Å². The number of amides is 19. The van der Waals surface area contributed by atoms with Gasteiger partial charge in [0.15, 0.2) is 5.96 Å². The summed E-state index contributed by atoms with van der Waals surface area (Å²) in [5, 5.41) is 106. The number of aliphatic hydroxyl groups is 4. The number of thiol groups is 1. The number of guanidine groups is 1. The lowest BCUT2D eigenvalue weighted by molar-refractivity contribution is -0.144. The van der Waals surface area contributed by atoms with Gasteiger partial charge in [0.2, 0.25) is 112 Å². The normalized spacial score (nSPS) is 15.9. The van der Waals surface area contributed by atoms with Crippen LogP contribution >= 0.6 is 24.4 Å². The van der Waals surface area contributed by atoms with Crippen LogP contribution in [-0.2, 0) is 109 Å². The molecule has 2 aromatic rings. The molecule has 0 radical (unpaired) electrons. The van der Waals surface area contributed by atoms with E-state index in [1.807, 2.05) is 11.6 Å². The lowest BCUT2D eigenvalue weighted by atomic mass is 9.95. The Morgan fingerprint density at radius 3 is 1.11 bits per heavy atom. The van der Waals surface area contributed by atoms with Crippen LogP contribution in [0.25, 0.3) is 0 Å². The fourth-order valence-corrected chi connectivity index (χ4v) is 15.8. The molecule has 2 rings (SSSR count). The van der Waals surface area contributed by atoms with Gasteiger partial charge in [0.1, 0.15) is 103 Å². The molecule has 0 spiro atoms. The molecular formula is C98H164N24O25S2. The molecule has 0 fully saturated rings. The molecule has 0 bridgehead atoms. The SMILES string of the molecule is CC[C@H](C)[C@H](NC(=O)[C@H](Cc1ccccc1)NC(=O)[C@@H](NC(=O)[C@H](Cc1ccccc1)NC(=O)[C@H](CC(C)C)NC(=O)[C@H](CC(C)C)NC(=O)[C@H](CS)NC(=O)[C@@H](NC(=O)[C@@H](NC(=O)[C@H](CCC(N)=O)NC(=O)[C@H](CC(C)C)NC(=O)[C@H](CO)NC(=O)[C@H](CCCCN)NC(=O)[C@@H](N)CCSC)[C@@H](C)O)[C@@H](C)CC)[C@@H](C)CC)C(=O)N[C@@H](C)C(=O)N[C@@H](CCCNC(=N)N)C(=O)NCC(=O)N[C@H](C(=O)N[C@@H](CO)C(=O)O)[C@@H](C)O. The fraction of sp³-hybridized carbons (Fsp3) is 0.663. The van der Waals surface area contributed by atoms with Crippen LogP contribution in [0.2, 0.25) is 0 Å². The third kappa shape index (κ3) is 49.3. The highest BCUT2D eigenvalue weighted by Gasteiger charge is 2.43. The second kappa shape index (κ2) is 69.8. The van der Waals surface area contributed by atoms with E-state index in [0.717, 1.165) is 13.8 Å². The lowest BCUT2D eigenvalue weighted by Gasteiger charge is -2.31. The van der Waals surface area contributed by atoms with Gasteiger partial charge in [0.05, 0.1) is 38.0 Å². The molecule has 0 saturated carbocycles. The zero-order chi connectivity index (χ0) is 113. The smallest absolute Gasteiger partial charge is 0.328 e. The molecule has 0 aliphatic rings. The van der Waals surface area contributed by atoms with Crippen molar-refractivity contribution in [3.63, 3.8) is 0 Å². The average molecular weight is 2140 g/mol. The summed E-state index contributed by atoms with van der Waals surface area (Å²) in [6.45, 7) is 21.4. The van der Waals surface area contributed by atoms with E-state index in [1.54, 1.807) is 144 Å². The number of hydrogen-bond acceptors (Lipinski definition) is 29. The molecule has 0 aliphatic carbocycles. The molecule has 33 N–H and O–H groups in total. The van der Waals surface area contributed by atoms with E-state index in [9.17, 15) is 102 Å². The summed E-state index contributed by atoms with van der Waals surface area (Å²) < 4.78 is 0. The number of thioether (sulfide) groups is 1. The highest BCUT2D eigenvalue weighted by atomic mass is 32.2. The molecule has 0 aliphatic heterocycles. The zero-order valence-corrected chi connectivity index (χ0v) is 89.8. The zero-order valence-electron chi connectivity index (χ0n) is 88.1. The number of nitrogens with two attached hydrogens (primary N) is 4. The van der Waals surface area contributed by atoms with Gasteiger partial charge in [-0.05, 0) is 150 Å². The first-order valence-corrected chi connectivity index (χ1v) is 52.4. The van der Waals surface area contributed by atoms with Crippen molar-refractivity contribution in [2.24, 2.45) is 58.4 Å². The van der Waals surface area contributed by atoms with E-state index in [1.165, 1.54) is 18.7 Å². The van der Waals surface area contributed by atoms with Gasteiger partial charge in [-0.3, -0.25) is 96.5 Å². The highest BCUT2D eigenvalue weighted by molar-refractivity contribution is 7.98. The molecule has 23 atom stereocenters. The van der Waals surface area contributed by atoms with E-state index >= 15 is 19.2 Å². The van der Waals surface area contributed by atoms with Gasteiger partial charge < -0.3 is 149 Å². The first kappa shape index (κ1) is 133. The van der Waals surface area contributed by atoms with Crippen molar-refractivity contribution < 1.29 is 121 Å². The van der Waals surface area contributed by atoms with Crippen molar-refractivity contribution in [2.75, 3.05) is 50.6 Å². The summed E-state index contributed by atoms with van der Waals surface area (Å²) in [6.07, 6.45) is -1.29. The summed E-state index contributed by atoms with van der Waals surface area (Å²) in [7, 11) is 0. The number of carbonyl (C=O) groups is 20. The van der Waals surface area contributed by atoms with E-state index in [0.29, 0.717) is 36.1 Å². The minimum Gasteiger partial charge on any atom is -0.480 e. The second-order valence-electron chi connectivity index (χ2n) is 38.6.